The largest absolute Gasteiger partial charge is 2.00 e. The van der Waals surface area contributed by atoms with Crippen LogP contribution in [0.3, 0.4) is 0 Å². The topological polar surface area (TPSA) is 44.9 Å². The molecule has 0 aliphatic carbocycles. The van der Waals surface area contributed by atoms with Crippen LogP contribution in [0.2, 0.25) is 0 Å². The van der Waals surface area contributed by atoms with Crippen LogP contribution >= 0.6 is 0 Å². The minimum Gasteiger partial charge on any atom is -0.509 e. The van der Waals surface area contributed by atoms with Crippen LogP contribution in [-0.4, -0.2) is 19.3 Å². The van der Waals surface area contributed by atoms with Gasteiger partial charge in [-0.2, -0.15) is 17.2 Å². The fraction of sp³-hybridized carbons (Fsp3) is 0.385. The van der Waals surface area contributed by atoms with E-state index in [4.69, 9.17) is 14.8 Å². The molecule has 0 atom stereocenters. The fourth-order valence-electron chi connectivity index (χ4n) is 8.77. The molecule has 4 aromatic carbocycles. The number of aromatic nitrogens is 4. The number of aryl methyl sites for hydroxylation is 1. The van der Waals surface area contributed by atoms with Crippen LogP contribution in [0.4, 0.5) is 0 Å². The smallest absolute Gasteiger partial charge is 0.509 e. The number of nitrogens with zero attached hydrogens (tertiary/aromatic N) is 4. The van der Waals surface area contributed by atoms with Crippen molar-refractivity contribution in [2.75, 3.05) is 0 Å². The molecule has 0 saturated carbocycles. The third kappa shape index (κ3) is 8.76. The zero-order valence-electron chi connectivity index (χ0n) is 36.5. The molecule has 7 aromatic rings. The monoisotopic (exact) mass is 951 g/mol. The van der Waals surface area contributed by atoms with E-state index in [1.165, 1.54) is 16.7 Å². The van der Waals surface area contributed by atoms with E-state index in [1.807, 2.05) is 41.2 Å². The first kappa shape index (κ1) is 43.1. The predicted molar refractivity (Wildman–Crippen MR) is 238 cm³/mol. The number of pyridine rings is 1. The zero-order valence-corrected chi connectivity index (χ0v) is 38.8. The molecule has 0 amide bonds. The predicted octanol–water partition coefficient (Wildman–Crippen LogP) is 13.7. The minimum atomic E-state index is -0.0635. The van der Waals surface area contributed by atoms with E-state index < -0.39 is 0 Å². The fourth-order valence-corrected chi connectivity index (χ4v) is 8.77. The summed E-state index contributed by atoms with van der Waals surface area (Å²) in [6, 6.07) is 29.8. The summed E-state index contributed by atoms with van der Waals surface area (Å²) in [5.41, 5.74) is 14.1. The van der Waals surface area contributed by atoms with Gasteiger partial charge in [-0.25, -0.2) is 4.98 Å². The quantitative estimate of drug-likeness (QED) is 0.115. The minimum absolute atomic E-state index is 0. The van der Waals surface area contributed by atoms with E-state index in [0.717, 1.165) is 63.7 Å². The van der Waals surface area contributed by atoms with Crippen LogP contribution in [0.5, 0.6) is 11.5 Å². The SMILES string of the molecule is Cc1ccnc(-n2c3[c-]c(Oc4[c-]c(-n5cc(-c6c(C(C)C)c(CC(C)C)c(CC(C)C)c(CC(C)C)c6C(C)(C)C)cn5)ccc4)ccc3c3ccccc32)c1.[Pt+2]. The molecule has 0 aliphatic heterocycles. The van der Waals surface area contributed by atoms with Gasteiger partial charge in [-0.15, -0.1) is 35.7 Å². The summed E-state index contributed by atoms with van der Waals surface area (Å²) in [6.07, 6.45) is 9.37. The summed E-state index contributed by atoms with van der Waals surface area (Å²) in [5.74, 6) is 4.09. The van der Waals surface area contributed by atoms with Gasteiger partial charge in [0.1, 0.15) is 5.82 Å². The van der Waals surface area contributed by atoms with Crippen LogP contribution in [0.25, 0.3) is 44.4 Å². The summed E-state index contributed by atoms with van der Waals surface area (Å²) in [5, 5.41) is 7.27. The van der Waals surface area contributed by atoms with Crippen LogP contribution in [-0.2, 0) is 45.7 Å². The van der Waals surface area contributed by atoms with Crippen molar-refractivity contribution in [3.05, 3.63) is 131 Å². The summed E-state index contributed by atoms with van der Waals surface area (Å²) in [7, 11) is 0. The second kappa shape index (κ2) is 17.4. The summed E-state index contributed by atoms with van der Waals surface area (Å²) in [4.78, 5) is 4.73. The van der Waals surface area contributed by atoms with E-state index in [2.05, 4.69) is 149 Å². The third-order valence-electron chi connectivity index (χ3n) is 10.8. The first-order valence-electron chi connectivity index (χ1n) is 21.0. The second-order valence-corrected chi connectivity index (χ2v) is 18.6. The van der Waals surface area contributed by atoms with Crippen molar-refractivity contribution in [3.8, 4) is 34.1 Å². The number of hydrogen-bond acceptors (Lipinski definition) is 3. The zero-order chi connectivity index (χ0) is 40.8. The first-order valence-corrected chi connectivity index (χ1v) is 21.0. The van der Waals surface area contributed by atoms with Gasteiger partial charge in [0, 0.05) is 35.0 Å². The van der Waals surface area contributed by atoms with Gasteiger partial charge >= 0.3 is 21.1 Å². The summed E-state index contributed by atoms with van der Waals surface area (Å²) >= 11 is 0. The van der Waals surface area contributed by atoms with E-state index in [-0.39, 0.29) is 26.5 Å². The van der Waals surface area contributed by atoms with Crippen molar-refractivity contribution in [2.24, 2.45) is 17.8 Å². The number of hydrogen-bond donors (Lipinski definition) is 0. The maximum Gasteiger partial charge on any atom is 2.00 e. The summed E-state index contributed by atoms with van der Waals surface area (Å²) < 4.78 is 10.7. The number of benzene rings is 4. The molecule has 304 valence electrons. The Morgan fingerprint density at radius 2 is 1.40 bits per heavy atom. The van der Waals surface area contributed by atoms with Crippen LogP contribution in [0.15, 0.2) is 85.3 Å². The van der Waals surface area contributed by atoms with E-state index in [0.29, 0.717) is 35.2 Å². The average Bonchev–Trinajstić information content (AvgIpc) is 3.75. The Bertz CT molecular complexity index is 2550. The maximum atomic E-state index is 6.53. The Hall–Kier alpha value is -4.47. The Morgan fingerprint density at radius 1 is 0.724 bits per heavy atom. The third-order valence-corrected chi connectivity index (χ3v) is 10.8. The van der Waals surface area contributed by atoms with Crippen LogP contribution < -0.4 is 4.74 Å². The van der Waals surface area contributed by atoms with Gasteiger partial charge in [0.05, 0.1) is 6.20 Å². The number of ether oxygens (including phenoxy) is 1. The van der Waals surface area contributed by atoms with Gasteiger partial charge < -0.3 is 9.30 Å². The standard InChI is InChI=1S/C52H60N4O.Pt/c1-32(2)24-43-44(25-33(3)4)49(35(7)8)50(51(52(10,11)12)45(43)26-34(5)6)37-30-54-55(31-37)38-16-15-17-39(28-38)57-40-20-21-42-41-18-13-14-19-46(41)56(47(42)29-40)48-27-36(9)22-23-53-48;/h13-23,27,30-35H,24-26H2,1-12H3;/q-2;+2. The molecule has 58 heavy (non-hydrogen) atoms. The van der Waals surface area contributed by atoms with Gasteiger partial charge in [-0.1, -0.05) is 99.9 Å². The molecule has 7 rings (SSSR count). The molecule has 0 spiro atoms. The summed E-state index contributed by atoms with van der Waals surface area (Å²) in [6.45, 7) is 28.2. The molecule has 5 nitrogen and oxygen atoms in total. The van der Waals surface area contributed by atoms with Crippen molar-refractivity contribution < 1.29 is 25.8 Å². The van der Waals surface area contributed by atoms with Crippen molar-refractivity contribution in [1.82, 2.24) is 19.3 Å². The Balaban J connectivity index is 0.00000567. The van der Waals surface area contributed by atoms with E-state index >= 15 is 0 Å². The molecule has 3 heterocycles. The number of rotatable bonds is 12. The van der Waals surface area contributed by atoms with Gasteiger partial charge in [-0.3, -0.25) is 4.68 Å². The van der Waals surface area contributed by atoms with Crippen LogP contribution in [0.1, 0.15) is 115 Å². The molecule has 3 aromatic heterocycles. The van der Waals surface area contributed by atoms with Crippen molar-refractivity contribution in [1.29, 1.82) is 0 Å². The molecule has 0 saturated heterocycles. The number of fused-ring (bicyclic) bond motifs is 3. The number of para-hydroxylation sites is 1. The van der Waals surface area contributed by atoms with Gasteiger partial charge in [0.15, 0.2) is 0 Å². The second-order valence-electron chi connectivity index (χ2n) is 18.6. The normalized spacial score (nSPS) is 12.1. The Labute approximate surface area is 361 Å². The van der Waals surface area contributed by atoms with E-state index in [1.54, 1.807) is 16.7 Å². The molecule has 0 aliphatic rings. The van der Waals surface area contributed by atoms with Gasteiger partial charge in [-0.05, 0) is 123 Å². The molecule has 0 N–H and O–H groups in total. The molecule has 0 bridgehead atoms. The first-order chi connectivity index (χ1) is 27.1. The Morgan fingerprint density at radius 3 is 2.07 bits per heavy atom. The van der Waals surface area contributed by atoms with Gasteiger partial charge in [0.2, 0.25) is 0 Å². The van der Waals surface area contributed by atoms with E-state index in [9.17, 15) is 0 Å². The van der Waals surface area contributed by atoms with Crippen LogP contribution in [0, 0.1) is 36.8 Å². The maximum absolute atomic E-state index is 6.53. The van der Waals surface area contributed by atoms with Crippen molar-refractivity contribution >= 4 is 21.8 Å². The molecule has 0 unspecified atom stereocenters. The van der Waals surface area contributed by atoms with Crippen molar-refractivity contribution in [2.45, 2.75) is 114 Å². The molecule has 6 heteroatoms. The average molecular weight is 952 g/mol. The van der Waals surface area contributed by atoms with Crippen molar-refractivity contribution in [3.63, 3.8) is 0 Å². The Kier molecular flexibility index (Phi) is 12.9. The molecule has 0 fully saturated rings. The molecular formula is C52H60N4OPt. The molecular weight excluding hydrogens is 892 g/mol. The van der Waals surface area contributed by atoms with Gasteiger partial charge in [0.25, 0.3) is 0 Å². The molecule has 0 radical (unpaired) electrons.